The molecule has 0 aliphatic heterocycles. The van der Waals surface area contributed by atoms with Crippen LogP contribution in [0.1, 0.15) is 30.6 Å². The predicted molar refractivity (Wildman–Crippen MR) is 65.8 cm³/mol. The first kappa shape index (κ1) is 13.9. The summed E-state index contributed by atoms with van der Waals surface area (Å²) >= 11 is 0. The fourth-order valence-electron chi connectivity index (χ4n) is 1.29. The highest BCUT2D eigenvalue weighted by atomic mass is 16.6. The highest BCUT2D eigenvalue weighted by Gasteiger charge is 2.18. The van der Waals surface area contributed by atoms with E-state index in [1.807, 2.05) is 13.8 Å². The normalized spacial score (nSPS) is 11.9. The Labute approximate surface area is 104 Å². The molecule has 0 spiro atoms. The molecule has 0 aliphatic carbocycles. The number of nitro groups is 1. The summed E-state index contributed by atoms with van der Waals surface area (Å²) in [5, 5.41) is 22.5. The van der Waals surface area contributed by atoms with Crippen molar-refractivity contribution >= 4 is 17.5 Å². The summed E-state index contributed by atoms with van der Waals surface area (Å²) in [6, 6.07) is 0.960. The van der Waals surface area contributed by atoms with Crippen molar-refractivity contribution in [3.63, 3.8) is 0 Å². The van der Waals surface area contributed by atoms with Crippen LogP contribution >= 0.6 is 0 Å². The molecule has 18 heavy (non-hydrogen) atoms. The molecular formula is C11H15N3O4. The number of pyridine rings is 1. The second kappa shape index (κ2) is 5.95. The molecule has 98 valence electrons. The minimum absolute atomic E-state index is 0.139. The minimum Gasteiger partial charge on any atom is -0.478 e. The van der Waals surface area contributed by atoms with Gasteiger partial charge in [0.1, 0.15) is 0 Å². The molecule has 1 heterocycles. The molecule has 1 unspecified atom stereocenters. The van der Waals surface area contributed by atoms with Crippen molar-refractivity contribution in [3.05, 3.63) is 27.9 Å². The van der Waals surface area contributed by atoms with E-state index in [0.29, 0.717) is 18.2 Å². The number of carboxylic acids is 1. The Morgan fingerprint density at radius 2 is 2.33 bits per heavy atom. The first-order valence-electron chi connectivity index (χ1n) is 5.57. The lowest BCUT2D eigenvalue weighted by molar-refractivity contribution is -0.389. The van der Waals surface area contributed by atoms with Crippen LogP contribution in [0.15, 0.2) is 12.3 Å². The predicted octanol–water partition coefficient (Wildman–Crippen LogP) is 2.15. The Bertz CT molecular complexity index is 462. The summed E-state index contributed by atoms with van der Waals surface area (Å²) in [6.45, 7) is 4.64. The lowest BCUT2D eigenvalue weighted by Crippen LogP contribution is -2.14. The monoisotopic (exact) mass is 253 g/mol. The average molecular weight is 253 g/mol. The Morgan fingerprint density at radius 3 is 2.83 bits per heavy atom. The zero-order valence-electron chi connectivity index (χ0n) is 10.2. The zero-order valence-corrected chi connectivity index (χ0v) is 10.2. The van der Waals surface area contributed by atoms with E-state index < -0.39 is 16.7 Å². The Kier molecular flexibility index (Phi) is 4.59. The van der Waals surface area contributed by atoms with Crippen LogP contribution in [0.4, 0.5) is 11.5 Å². The minimum atomic E-state index is -1.22. The van der Waals surface area contributed by atoms with Gasteiger partial charge in [0.05, 0.1) is 17.3 Å². The van der Waals surface area contributed by atoms with E-state index in [1.165, 1.54) is 6.20 Å². The van der Waals surface area contributed by atoms with Gasteiger partial charge in [-0.05, 0) is 15.8 Å². The van der Waals surface area contributed by atoms with Gasteiger partial charge in [-0.25, -0.2) is 4.79 Å². The molecule has 1 aromatic rings. The van der Waals surface area contributed by atoms with Crippen LogP contribution in [0.25, 0.3) is 0 Å². The highest BCUT2D eigenvalue weighted by molar-refractivity contribution is 5.94. The molecule has 0 fully saturated rings. The Hall–Kier alpha value is -2.18. The van der Waals surface area contributed by atoms with Crippen LogP contribution in [0.2, 0.25) is 0 Å². The number of hydrogen-bond acceptors (Lipinski definition) is 5. The molecule has 0 aromatic carbocycles. The Morgan fingerprint density at radius 1 is 1.67 bits per heavy atom. The van der Waals surface area contributed by atoms with Crippen molar-refractivity contribution in [1.82, 2.24) is 4.98 Å². The van der Waals surface area contributed by atoms with E-state index in [9.17, 15) is 14.9 Å². The maximum absolute atomic E-state index is 11.0. The fraction of sp³-hybridized carbons (Fsp3) is 0.455. The van der Waals surface area contributed by atoms with E-state index in [-0.39, 0.29) is 5.56 Å². The average Bonchev–Trinajstić information content (AvgIpc) is 2.35. The number of nitrogens with zero attached hydrogens (tertiary/aromatic N) is 2. The van der Waals surface area contributed by atoms with Crippen molar-refractivity contribution in [2.75, 3.05) is 11.9 Å². The molecule has 2 N–H and O–H groups in total. The first-order valence-corrected chi connectivity index (χ1v) is 5.57. The fourth-order valence-corrected chi connectivity index (χ4v) is 1.29. The number of nitrogens with one attached hydrogen (secondary N) is 1. The number of carboxylic acid groups (broad SMARTS) is 1. The molecular weight excluding hydrogens is 238 g/mol. The first-order chi connectivity index (χ1) is 8.45. The lowest BCUT2D eigenvalue weighted by atomic mass is 10.1. The summed E-state index contributed by atoms with van der Waals surface area (Å²) in [4.78, 5) is 24.4. The molecule has 7 heteroatoms. The molecule has 1 atom stereocenters. The van der Waals surface area contributed by atoms with E-state index in [4.69, 9.17) is 5.11 Å². The van der Waals surface area contributed by atoms with Crippen LogP contribution in [0.5, 0.6) is 0 Å². The lowest BCUT2D eigenvalue weighted by Gasteiger charge is -2.11. The molecule has 7 nitrogen and oxygen atoms in total. The number of rotatable bonds is 6. The molecule has 1 rings (SSSR count). The van der Waals surface area contributed by atoms with Gasteiger partial charge in [0.2, 0.25) is 0 Å². The van der Waals surface area contributed by atoms with Gasteiger partial charge in [-0.2, -0.15) is 0 Å². The van der Waals surface area contributed by atoms with Gasteiger partial charge >= 0.3 is 11.8 Å². The molecule has 0 radical (unpaired) electrons. The van der Waals surface area contributed by atoms with Gasteiger partial charge in [0.25, 0.3) is 0 Å². The van der Waals surface area contributed by atoms with Crippen molar-refractivity contribution in [2.45, 2.75) is 20.3 Å². The summed E-state index contributed by atoms with van der Waals surface area (Å²) in [6.07, 6.45) is 2.14. The summed E-state index contributed by atoms with van der Waals surface area (Å²) < 4.78 is 0. The largest absolute Gasteiger partial charge is 0.478 e. The number of aromatic carboxylic acids is 1. The van der Waals surface area contributed by atoms with Gasteiger partial charge < -0.3 is 20.5 Å². The van der Waals surface area contributed by atoms with Gasteiger partial charge in [-0.1, -0.05) is 20.3 Å². The summed E-state index contributed by atoms with van der Waals surface area (Å²) in [5.74, 6) is -1.31. The van der Waals surface area contributed by atoms with Gasteiger partial charge in [-0.3, -0.25) is 0 Å². The van der Waals surface area contributed by atoms with Gasteiger partial charge in [-0.15, -0.1) is 0 Å². The number of aromatic nitrogens is 1. The molecule has 0 aliphatic rings. The number of hydrogen-bond donors (Lipinski definition) is 2. The zero-order chi connectivity index (χ0) is 13.7. The SMILES string of the molecule is CCC(C)CNc1cnc([N+](=O)[O-])cc1C(=O)O. The van der Waals surface area contributed by atoms with Crippen LogP contribution < -0.4 is 5.32 Å². The van der Waals surface area contributed by atoms with Crippen molar-refractivity contribution in [2.24, 2.45) is 5.92 Å². The molecule has 0 bridgehead atoms. The second-order valence-electron chi connectivity index (χ2n) is 4.04. The third-order valence-corrected chi connectivity index (χ3v) is 2.64. The smallest absolute Gasteiger partial charge is 0.364 e. The van der Waals surface area contributed by atoms with Crippen LogP contribution in [-0.4, -0.2) is 27.5 Å². The van der Waals surface area contributed by atoms with Gasteiger partial charge in [0.15, 0.2) is 6.20 Å². The molecule has 1 aromatic heterocycles. The standard InChI is InChI=1S/C11H15N3O4/c1-3-7(2)5-12-9-6-13-10(14(17)18)4-8(9)11(15)16/h4,6-7,12H,3,5H2,1-2H3,(H,15,16). The summed E-state index contributed by atoms with van der Waals surface area (Å²) in [7, 11) is 0. The maximum Gasteiger partial charge on any atom is 0.364 e. The quantitative estimate of drug-likeness (QED) is 0.594. The van der Waals surface area contributed by atoms with Gasteiger partial charge in [0, 0.05) is 6.54 Å². The van der Waals surface area contributed by atoms with E-state index >= 15 is 0 Å². The van der Waals surface area contributed by atoms with E-state index in [0.717, 1.165) is 12.5 Å². The second-order valence-corrected chi connectivity index (χ2v) is 4.04. The number of anilines is 1. The highest BCUT2D eigenvalue weighted by Crippen LogP contribution is 2.19. The molecule has 0 saturated carbocycles. The Balaban J connectivity index is 2.97. The van der Waals surface area contributed by atoms with E-state index in [1.54, 1.807) is 0 Å². The third-order valence-electron chi connectivity index (χ3n) is 2.64. The summed E-state index contributed by atoms with van der Waals surface area (Å²) in [5.41, 5.74) is 0.161. The number of carbonyl (C=O) groups is 1. The molecule has 0 amide bonds. The van der Waals surface area contributed by atoms with Crippen molar-refractivity contribution in [1.29, 1.82) is 0 Å². The van der Waals surface area contributed by atoms with Crippen LogP contribution in [0, 0.1) is 16.0 Å². The third kappa shape index (κ3) is 3.41. The topological polar surface area (TPSA) is 105 Å². The van der Waals surface area contributed by atoms with E-state index in [2.05, 4.69) is 10.3 Å². The van der Waals surface area contributed by atoms with Crippen LogP contribution in [0.3, 0.4) is 0 Å². The maximum atomic E-state index is 11.0. The van der Waals surface area contributed by atoms with Crippen molar-refractivity contribution < 1.29 is 14.8 Å². The molecule has 0 saturated heterocycles. The van der Waals surface area contributed by atoms with Crippen LogP contribution in [-0.2, 0) is 0 Å². The van der Waals surface area contributed by atoms with Crippen molar-refractivity contribution in [3.8, 4) is 0 Å².